The molecule has 1 aliphatic heterocycles. The van der Waals surface area contributed by atoms with Crippen molar-refractivity contribution in [3.8, 4) is 5.75 Å². The van der Waals surface area contributed by atoms with Crippen LogP contribution in [-0.2, 0) is 0 Å². The first-order valence-electron chi connectivity index (χ1n) is 10.1. The van der Waals surface area contributed by atoms with Gasteiger partial charge in [-0.2, -0.15) is 0 Å². The van der Waals surface area contributed by atoms with Crippen LogP contribution in [0.3, 0.4) is 0 Å². The maximum absolute atomic E-state index is 5.41. The highest BCUT2D eigenvalue weighted by atomic mass is 16.5. The van der Waals surface area contributed by atoms with Gasteiger partial charge in [-0.25, -0.2) is 0 Å². The van der Waals surface area contributed by atoms with Gasteiger partial charge in [0.1, 0.15) is 5.75 Å². The lowest BCUT2D eigenvalue weighted by Gasteiger charge is -2.36. The zero-order valence-electron chi connectivity index (χ0n) is 16.4. The standard InChI is InChI=1S/C25H29NO/c1-19(24-14-5-10-21-9-3-4-13-25(21)24)16-20-8-7-15-26(18-20)22-11-6-12-23(17-22)27-2/h3-6,9-14,17,19-20H,7-8,15-16,18H2,1-2H3/t19-,20?/m0/s1. The first-order valence-corrected chi connectivity index (χ1v) is 10.1. The quantitative estimate of drug-likeness (QED) is 0.533. The van der Waals surface area contributed by atoms with Crippen LogP contribution in [0.4, 0.5) is 5.69 Å². The van der Waals surface area contributed by atoms with E-state index in [1.54, 1.807) is 7.11 Å². The number of anilines is 1. The molecule has 1 saturated heterocycles. The molecule has 0 N–H and O–H groups in total. The molecule has 0 aromatic heterocycles. The largest absolute Gasteiger partial charge is 0.497 e. The van der Waals surface area contributed by atoms with E-state index in [-0.39, 0.29) is 0 Å². The Balaban J connectivity index is 1.48. The lowest BCUT2D eigenvalue weighted by atomic mass is 9.84. The summed E-state index contributed by atoms with van der Waals surface area (Å²) in [5.41, 5.74) is 2.78. The second kappa shape index (κ2) is 8.04. The van der Waals surface area contributed by atoms with Gasteiger partial charge in [0.25, 0.3) is 0 Å². The van der Waals surface area contributed by atoms with Crippen molar-refractivity contribution in [2.75, 3.05) is 25.1 Å². The summed E-state index contributed by atoms with van der Waals surface area (Å²) in [6.45, 7) is 4.68. The molecule has 1 aliphatic rings. The van der Waals surface area contributed by atoms with Crippen molar-refractivity contribution in [2.24, 2.45) is 5.92 Å². The minimum atomic E-state index is 0.575. The second-order valence-corrected chi connectivity index (χ2v) is 7.86. The number of ether oxygens (including phenoxy) is 1. The average molecular weight is 360 g/mol. The smallest absolute Gasteiger partial charge is 0.120 e. The number of piperidine rings is 1. The van der Waals surface area contributed by atoms with Crippen LogP contribution in [0.2, 0.25) is 0 Å². The first kappa shape index (κ1) is 17.9. The molecular weight excluding hydrogens is 330 g/mol. The predicted molar refractivity (Wildman–Crippen MR) is 115 cm³/mol. The van der Waals surface area contributed by atoms with Crippen molar-refractivity contribution in [3.63, 3.8) is 0 Å². The summed E-state index contributed by atoms with van der Waals surface area (Å²) in [5.74, 6) is 2.25. The molecule has 27 heavy (non-hydrogen) atoms. The third-order valence-corrected chi connectivity index (χ3v) is 5.98. The Hall–Kier alpha value is -2.48. The highest BCUT2D eigenvalue weighted by molar-refractivity contribution is 5.86. The fourth-order valence-electron chi connectivity index (χ4n) is 4.61. The number of nitrogens with zero attached hydrogens (tertiary/aromatic N) is 1. The monoisotopic (exact) mass is 359 g/mol. The third-order valence-electron chi connectivity index (χ3n) is 5.98. The van der Waals surface area contributed by atoms with E-state index in [4.69, 9.17) is 4.74 Å². The molecule has 0 spiro atoms. The Kier molecular flexibility index (Phi) is 5.33. The first-order chi connectivity index (χ1) is 13.2. The Morgan fingerprint density at radius 1 is 1.04 bits per heavy atom. The molecular formula is C25H29NO. The summed E-state index contributed by atoms with van der Waals surface area (Å²) < 4.78 is 5.41. The number of methoxy groups -OCH3 is 1. The van der Waals surface area contributed by atoms with Crippen LogP contribution in [0.25, 0.3) is 10.8 Å². The van der Waals surface area contributed by atoms with Gasteiger partial charge < -0.3 is 9.64 Å². The molecule has 4 rings (SSSR count). The fourth-order valence-corrected chi connectivity index (χ4v) is 4.61. The van der Waals surface area contributed by atoms with Gasteiger partial charge in [0.05, 0.1) is 7.11 Å². The van der Waals surface area contributed by atoms with Crippen molar-refractivity contribution in [2.45, 2.75) is 32.1 Å². The lowest BCUT2D eigenvalue weighted by Crippen LogP contribution is -2.35. The molecule has 3 aromatic carbocycles. The summed E-state index contributed by atoms with van der Waals surface area (Å²) in [4.78, 5) is 2.53. The Bertz CT molecular complexity index is 898. The molecule has 1 fully saturated rings. The Morgan fingerprint density at radius 3 is 2.74 bits per heavy atom. The topological polar surface area (TPSA) is 12.5 Å². The minimum absolute atomic E-state index is 0.575. The van der Waals surface area contributed by atoms with Crippen molar-refractivity contribution in [1.82, 2.24) is 0 Å². The summed E-state index contributed by atoms with van der Waals surface area (Å²) in [6.07, 6.45) is 3.84. The van der Waals surface area contributed by atoms with Crippen LogP contribution in [0.1, 0.15) is 37.7 Å². The molecule has 0 radical (unpaired) electrons. The van der Waals surface area contributed by atoms with Crippen molar-refractivity contribution in [1.29, 1.82) is 0 Å². The third kappa shape index (κ3) is 3.95. The Labute approximate surface area is 162 Å². The van der Waals surface area contributed by atoms with Gasteiger partial charge in [0.15, 0.2) is 0 Å². The normalized spacial score (nSPS) is 18.4. The number of fused-ring (bicyclic) bond motifs is 1. The molecule has 0 aliphatic carbocycles. The molecule has 0 saturated carbocycles. The average Bonchev–Trinajstić information content (AvgIpc) is 2.73. The number of benzene rings is 3. The van der Waals surface area contributed by atoms with Gasteiger partial charge >= 0.3 is 0 Å². The van der Waals surface area contributed by atoms with E-state index in [1.165, 1.54) is 41.3 Å². The molecule has 2 heteroatoms. The maximum Gasteiger partial charge on any atom is 0.120 e. The van der Waals surface area contributed by atoms with Gasteiger partial charge in [-0.3, -0.25) is 0 Å². The van der Waals surface area contributed by atoms with Crippen LogP contribution < -0.4 is 9.64 Å². The maximum atomic E-state index is 5.41. The molecule has 2 atom stereocenters. The van der Waals surface area contributed by atoms with Crippen molar-refractivity contribution < 1.29 is 4.74 Å². The predicted octanol–water partition coefficient (Wildman–Crippen LogP) is 6.26. The summed E-state index contributed by atoms with van der Waals surface area (Å²) in [5, 5.41) is 2.76. The number of hydrogen-bond acceptors (Lipinski definition) is 2. The zero-order valence-corrected chi connectivity index (χ0v) is 16.4. The number of hydrogen-bond donors (Lipinski definition) is 0. The molecule has 2 nitrogen and oxygen atoms in total. The van der Waals surface area contributed by atoms with Gasteiger partial charge in [-0.15, -0.1) is 0 Å². The highest BCUT2D eigenvalue weighted by Gasteiger charge is 2.23. The molecule has 0 bridgehead atoms. The van der Waals surface area contributed by atoms with E-state index >= 15 is 0 Å². The van der Waals surface area contributed by atoms with E-state index in [1.807, 2.05) is 6.07 Å². The van der Waals surface area contributed by atoms with E-state index < -0.39 is 0 Å². The summed E-state index contributed by atoms with van der Waals surface area (Å²) >= 11 is 0. The van der Waals surface area contributed by atoms with E-state index in [0.29, 0.717) is 5.92 Å². The van der Waals surface area contributed by atoms with Crippen LogP contribution >= 0.6 is 0 Å². The SMILES string of the molecule is COc1cccc(N2CCCC(C[C@H](C)c3cccc4ccccc34)C2)c1. The van der Waals surface area contributed by atoms with Gasteiger partial charge in [-0.1, -0.05) is 55.5 Å². The zero-order chi connectivity index (χ0) is 18.6. The second-order valence-electron chi connectivity index (χ2n) is 7.86. The van der Waals surface area contributed by atoms with E-state index in [9.17, 15) is 0 Å². The van der Waals surface area contributed by atoms with Crippen molar-refractivity contribution in [3.05, 3.63) is 72.3 Å². The molecule has 3 aromatic rings. The Morgan fingerprint density at radius 2 is 1.85 bits per heavy atom. The number of rotatable bonds is 5. The van der Waals surface area contributed by atoms with E-state index in [2.05, 4.69) is 72.5 Å². The van der Waals surface area contributed by atoms with Crippen LogP contribution in [0.15, 0.2) is 66.7 Å². The van der Waals surface area contributed by atoms with Crippen LogP contribution in [-0.4, -0.2) is 20.2 Å². The fraction of sp³-hybridized carbons (Fsp3) is 0.360. The molecule has 0 amide bonds. The lowest BCUT2D eigenvalue weighted by molar-refractivity contribution is 0.370. The van der Waals surface area contributed by atoms with Gasteiger partial charge in [0.2, 0.25) is 0 Å². The van der Waals surface area contributed by atoms with Crippen LogP contribution in [0.5, 0.6) is 5.75 Å². The molecule has 140 valence electrons. The summed E-state index contributed by atoms with van der Waals surface area (Å²) in [6, 6.07) is 24.0. The van der Waals surface area contributed by atoms with Gasteiger partial charge in [0, 0.05) is 24.8 Å². The molecule has 1 heterocycles. The molecule has 1 unspecified atom stereocenters. The van der Waals surface area contributed by atoms with Crippen LogP contribution in [0, 0.1) is 5.92 Å². The summed E-state index contributed by atoms with van der Waals surface area (Å²) in [7, 11) is 1.74. The minimum Gasteiger partial charge on any atom is -0.497 e. The highest BCUT2D eigenvalue weighted by Crippen LogP contribution is 2.34. The van der Waals surface area contributed by atoms with Gasteiger partial charge in [-0.05, 0) is 59.6 Å². The van der Waals surface area contributed by atoms with Crippen molar-refractivity contribution >= 4 is 16.5 Å². The van der Waals surface area contributed by atoms with E-state index in [0.717, 1.165) is 24.8 Å².